The number of nitrogens with zero attached hydrogens (tertiary/aromatic N) is 3. The number of anilines is 1. The number of amides is 2. The molecule has 0 saturated carbocycles. The number of ether oxygens (including phenoxy) is 1. The summed E-state index contributed by atoms with van der Waals surface area (Å²) in [6.45, 7) is 2.99. The van der Waals surface area contributed by atoms with E-state index in [1.807, 2.05) is 0 Å². The SMILES string of the molecule is Cc1ccc(CCCN(C)C(=O)Cn2cc(NC(=O)CCOc3ccc(F)cc3)cn2)cc1. The molecular weight excluding hydrogens is 423 g/mol. The molecule has 2 aromatic carbocycles. The molecule has 0 bridgehead atoms. The molecule has 0 spiro atoms. The number of likely N-dealkylation sites (N-methyl/N-ethyl adjacent to an activating group) is 1. The molecule has 1 aromatic heterocycles. The molecule has 3 rings (SSSR count). The number of benzene rings is 2. The van der Waals surface area contributed by atoms with E-state index in [1.54, 1.807) is 18.1 Å². The van der Waals surface area contributed by atoms with Crippen LogP contribution in [0.15, 0.2) is 60.9 Å². The molecule has 0 aliphatic heterocycles. The molecule has 0 aliphatic carbocycles. The first-order valence-corrected chi connectivity index (χ1v) is 10.9. The van der Waals surface area contributed by atoms with Gasteiger partial charge in [0.15, 0.2) is 0 Å². The van der Waals surface area contributed by atoms with Gasteiger partial charge in [-0.15, -0.1) is 0 Å². The van der Waals surface area contributed by atoms with Gasteiger partial charge in [0, 0.05) is 19.8 Å². The third-order valence-corrected chi connectivity index (χ3v) is 5.13. The third-order valence-electron chi connectivity index (χ3n) is 5.13. The van der Waals surface area contributed by atoms with E-state index in [2.05, 4.69) is 41.6 Å². The number of hydrogen-bond acceptors (Lipinski definition) is 4. The molecule has 3 aromatic rings. The zero-order valence-corrected chi connectivity index (χ0v) is 19.0. The van der Waals surface area contributed by atoms with Crippen molar-refractivity contribution in [2.24, 2.45) is 0 Å². The Morgan fingerprint density at radius 1 is 1.12 bits per heavy atom. The fourth-order valence-corrected chi connectivity index (χ4v) is 3.19. The van der Waals surface area contributed by atoms with E-state index in [4.69, 9.17) is 4.74 Å². The number of carbonyl (C=O) groups is 2. The molecule has 8 heteroatoms. The van der Waals surface area contributed by atoms with Crippen LogP contribution in [0.5, 0.6) is 5.75 Å². The van der Waals surface area contributed by atoms with Crippen molar-refractivity contribution in [3.05, 3.63) is 77.9 Å². The van der Waals surface area contributed by atoms with Crippen LogP contribution in [-0.4, -0.2) is 46.7 Å². The van der Waals surface area contributed by atoms with Crippen LogP contribution in [0.2, 0.25) is 0 Å². The highest BCUT2D eigenvalue weighted by Gasteiger charge is 2.11. The van der Waals surface area contributed by atoms with Gasteiger partial charge in [0.1, 0.15) is 18.1 Å². The Kier molecular flexibility index (Phi) is 8.57. The van der Waals surface area contributed by atoms with E-state index in [1.165, 1.54) is 46.3 Å². The van der Waals surface area contributed by atoms with Crippen molar-refractivity contribution in [2.75, 3.05) is 25.5 Å². The van der Waals surface area contributed by atoms with Gasteiger partial charge in [0.2, 0.25) is 11.8 Å². The van der Waals surface area contributed by atoms with Gasteiger partial charge >= 0.3 is 0 Å². The van der Waals surface area contributed by atoms with E-state index in [0.717, 1.165) is 12.8 Å². The summed E-state index contributed by atoms with van der Waals surface area (Å²) in [4.78, 5) is 26.2. The highest BCUT2D eigenvalue weighted by atomic mass is 19.1. The Labute approximate surface area is 193 Å². The first-order valence-electron chi connectivity index (χ1n) is 10.9. The number of halogens is 1. The normalized spacial score (nSPS) is 10.6. The van der Waals surface area contributed by atoms with Crippen LogP contribution in [0.25, 0.3) is 0 Å². The fourth-order valence-electron chi connectivity index (χ4n) is 3.19. The van der Waals surface area contributed by atoms with Crippen LogP contribution in [0.3, 0.4) is 0 Å². The first kappa shape index (κ1) is 24.0. The number of aromatic nitrogens is 2. The number of rotatable bonds is 11. The molecule has 0 fully saturated rings. The lowest BCUT2D eigenvalue weighted by atomic mass is 10.1. The Hall–Kier alpha value is -3.68. The lowest BCUT2D eigenvalue weighted by Gasteiger charge is -2.17. The van der Waals surface area contributed by atoms with Gasteiger partial charge in [-0.05, 0) is 49.6 Å². The molecular formula is C25H29FN4O3. The molecule has 1 heterocycles. The van der Waals surface area contributed by atoms with Crippen LogP contribution in [-0.2, 0) is 22.6 Å². The monoisotopic (exact) mass is 452 g/mol. The van der Waals surface area contributed by atoms with E-state index in [0.29, 0.717) is 18.0 Å². The van der Waals surface area contributed by atoms with Crippen molar-refractivity contribution < 1.29 is 18.7 Å². The zero-order valence-electron chi connectivity index (χ0n) is 19.0. The second-order valence-electron chi connectivity index (χ2n) is 7.93. The van der Waals surface area contributed by atoms with Gasteiger partial charge < -0.3 is 15.0 Å². The molecule has 7 nitrogen and oxygen atoms in total. The fraction of sp³-hybridized carbons (Fsp3) is 0.320. The minimum Gasteiger partial charge on any atom is -0.493 e. The van der Waals surface area contributed by atoms with E-state index in [9.17, 15) is 14.0 Å². The number of aryl methyl sites for hydroxylation is 2. The van der Waals surface area contributed by atoms with E-state index >= 15 is 0 Å². The molecule has 0 unspecified atom stereocenters. The standard InChI is InChI=1S/C25H29FN4O3/c1-19-5-7-20(8-6-19)4-3-14-29(2)25(32)18-30-17-22(16-27-30)28-24(31)13-15-33-23-11-9-21(26)10-12-23/h5-12,16-17H,3-4,13-15,18H2,1-2H3,(H,28,31). The number of hydrogen-bond donors (Lipinski definition) is 1. The van der Waals surface area contributed by atoms with Gasteiger partial charge in [0.25, 0.3) is 0 Å². The maximum Gasteiger partial charge on any atom is 0.244 e. The summed E-state index contributed by atoms with van der Waals surface area (Å²) in [5.74, 6) is -0.133. The van der Waals surface area contributed by atoms with Crippen LogP contribution in [0.1, 0.15) is 24.0 Å². The Morgan fingerprint density at radius 3 is 2.58 bits per heavy atom. The van der Waals surface area contributed by atoms with Crippen molar-refractivity contribution in [3.63, 3.8) is 0 Å². The summed E-state index contributed by atoms with van der Waals surface area (Å²) in [6.07, 6.45) is 5.05. The minimum absolute atomic E-state index is 0.0485. The third kappa shape index (κ3) is 8.07. The van der Waals surface area contributed by atoms with Crippen molar-refractivity contribution in [2.45, 2.75) is 32.7 Å². The Bertz CT molecular complexity index is 1050. The summed E-state index contributed by atoms with van der Waals surface area (Å²) >= 11 is 0. The molecule has 0 aliphatic rings. The lowest BCUT2D eigenvalue weighted by Crippen LogP contribution is -2.31. The lowest BCUT2D eigenvalue weighted by molar-refractivity contribution is -0.130. The van der Waals surface area contributed by atoms with Gasteiger partial charge in [0.05, 0.1) is 24.9 Å². The predicted octanol–water partition coefficient (Wildman–Crippen LogP) is 3.83. The average Bonchev–Trinajstić information content (AvgIpc) is 3.22. The molecule has 0 atom stereocenters. The summed E-state index contributed by atoms with van der Waals surface area (Å²) in [7, 11) is 1.78. The maximum absolute atomic E-state index is 12.9. The van der Waals surface area contributed by atoms with Crippen LogP contribution < -0.4 is 10.1 Å². The predicted molar refractivity (Wildman–Crippen MR) is 125 cm³/mol. The molecule has 2 amide bonds. The highest BCUT2D eigenvalue weighted by Crippen LogP contribution is 2.12. The molecule has 0 saturated heterocycles. The van der Waals surface area contributed by atoms with Crippen molar-refractivity contribution >= 4 is 17.5 Å². The summed E-state index contributed by atoms with van der Waals surface area (Å²) in [6, 6.07) is 14.0. The second kappa shape index (κ2) is 11.8. The maximum atomic E-state index is 12.9. The van der Waals surface area contributed by atoms with Gasteiger partial charge in [-0.25, -0.2) is 4.39 Å². The molecule has 174 valence electrons. The van der Waals surface area contributed by atoms with Crippen LogP contribution >= 0.6 is 0 Å². The first-order chi connectivity index (χ1) is 15.9. The van der Waals surface area contributed by atoms with E-state index in [-0.39, 0.29) is 37.2 Å². The highest BCUT2D eigenvalue weighted by molar-refractivity contribution is 5.90. The smallest absolute Gasteiger partial charge is 0.244 e. The van der Waals surface area contributed by atoms with Gasteiger partial charge in [-0.1, -0.05) is 29.8 Å². The van der Waals surface area contributed by atoms with E-state index < -0.39 is 0 Å². The van der Waals surface area contributed by atoms with Crippen molar-refractivity contribution in [1.29, 1.82) is 0 Å². The molecule has 0 radical (unpaired) electrons. The van der Waals surface area contributed by atoms with Gasteiger partial charge in [-0.2, -0.15) is 5.10 Å². The van der Waals surface area contributed by atoms with Crippen molar-refractivity contribution in [1.82, 2.24) is 14.7 Å². The molecule has 1 N–H and O–H groups in total. The minimum atomic E-state index is -0.343. The quantitative estimate of drug-likeness (QED) is 0.480. The summed E-state index contributed by atoms with van der Waals surface area (Å²) < 4.78 is 19.8. The zero-order chi connectivity index (χ0) is 23.6. The molecule has 33 heavy (non-hydrogen) atoms. The number of carbonyl (C=O) groups excluding carboxylic acids is 2. The number of nitrogens with one attached hydrogen (secondary N) is 1. The second-order valence-corrected chi connectivity index (χ2v) is 7.93. The van der Waals surface area contributed by atoms with Gasteiger partial charge in [-0.3, -0.25) is 14.3 Å². The van der Waals surface area contributed by atoms with Crippen molar-refractivity contribution in [3.8, 4) is 5.75 Å². The Morgan fingerprint density at radius 2 is 1.85 bits per heavy atom. The summed E-state index contributed by atoms with van der Waals surface area (Å²) in [5.41, 5.74) is 3.01. The van der Waals surface area contributed by atoms with Crippen LogP contribution in [0, 0.1) is 12.7 Å². The topological polar surface area (TPSA) is 76.5 Å². The Balaban J connectivity index is 1.36. The largest absolute Gasteiger partial charge is 0.493 e. The average molecular weight is 453 g/mol. The van der Waals surface area contributed by atoms with Crippen LogP contribution in [0.4, 0.5) is 10.1 Å². The summed E-state index contributed by atoms with van der Waals surface area (Å²) in [5, 5.41) is 6.88.